The van der Waals surface area contributed by atoms with Crippen LogP contribution in [0.1, 0.15) is 46.0 Å². The van der Waals surface area contributed by atoms with Gasteiger partial charge in [-0.25, -0.2) is 4.79 Å². The second-order valence-corrected chi connectivity index (χ2v) is 6.09. The zero-order chi connectivity index (χ0) is 18.4. The number of carbonyl (C=O) groups is 1. The van der Waals surface area contributed by atoms with Gasteiger partial charge in [0.2, 0.25) is 5.28 Å². The number of ether oxygens (including phenoxy) is 1. The van der Waals surface area contributed by atoms with E-state index in [0.717, 1.165) is 23.8 Å². The maximum atomic E-state index is 12.7. The third-order valence-corrected chi connectivity index (χ3v) is 4.06. The number of nitrogens with one attached hydrogen (secondary N) is 1. The third-order valence-electron chi connectivity index (χ3n) is 3.89. The highest BCUT2D eigenvalue weighted by Gasteiger charge is 2.17. The van der Waals surface area contributed by atoms with E-state index in [1.54, 1.807) is 6.92 Å². The second kappa shape index (κ2) is 8.84. The highest BCUT2D eigenvalue weighted by atomic mass is 35.5. The first kappa shape index (κ1) is 19.2. The molecule has 0 saturated heterocycles. The van der Waals surface area contributed by atoms with E-state index in [9.17, 15) is 14.4 Å². The summed E-state index contributed by atoms with van der Waals surface area (Å²) in [5.41, 5.74) is -0.425. The number of halogens is 1. The van der Waals surface area contributed by atoms with Gasteiger partial charge in [-0.3, -0.25) is 18.7 Å². The van der Waals surface area contributed by atoms with Crippen LogP contribution in [0.5, 0.6) is 0 Å². The Kier molecular flexibility index (Phi) is 6.81. The van der Waals surface area contributed by atoms with Crippen LogP contribution in [0.15, 0.2) is 9.59 Å². The van der Waals surface area contributed by atoms with Gasteiger partial charge in [0.1, 0.15) is 0 Å². The maximum absolute atomic E-state index is 12.7. The summed E-state index contributed by atoms with van der Waals surface area (Å²) in [5.74, 6) is -0.343. The van der Waals surface area contributed by atoms with E-state index < -0.39 is 11.2 Å². The van der Waals surface area contributed by atoms with E-state index in [1.165, 1.54) is 4.57 Å². The van der Waals surface area contributed by atoms with Crippen molar-refractivity contribution in [2.75, 3.05) is 6.61 Å². The van der Waals surface area contributed by atoms with Crippen molar-refractivity contribution in [3.63, 3.8) is 0 Å². The minimum atomic E-state index is -0.477. The average molecular weight is 371 g/mol. The summed E-state index contributed by atoms with van der Waals surface area (Å²) >= 11 is 5.88. The molecule has 0 unspecified atom stereocenters. The molecule has 2 heterocycles. The summed E-state index contributed by atoms with van der Waals surface area (Å²) in [5, 5.41) is 0.0695. The van der Waals surface area contributed by atoms with Crippen LogP contribution in [0, 0.1) is 0 Å². The molecule has 1 N–H and O–H groups in total. The molecule has 0 aromatic carbocycles. The minimum absolute atomic E-state index is 0.0695. The Morgan fingerprint density at radius 2 is 1.88 bits per heavy atom. The number of aromatic amines is 1. The Balaban J connectivity index is 2.33. The molecule has 25 heavy (non-hydrogen) atoms. The van der Waals surface area contributed by atoms with Crippen molar-refractivity contribution in [1.29, 1.82) is 0 Å². The average Bonchev–Trinajstić information content (AvgIpc) is 2.96. The van der Waals surface area contributed by atoms with Gasteiger partial charge in [-0.15, -0.1) is 0 Å². The SMILES string of the molecule is CCCCCn1c(=O)n(CCCC(=O)OCC)c(=O)c2[nH]c(Cl)nc21. The number of rotatable bonds is 9. The molecule has 138 valence electrons. The lowest BCUT2D eigenvalue weighted by Crippen LogP contribution is -2.40. The highest BCUT2D eigenvalue weighted by molar-refractivity contribution is 6.28. The van der Waals surface area contributed by atoms with Gasteiger partial charge in [0.15, 0.2) is 11.2 Å². The van der Waals surface area contributed by atoms with Crippen LogP contribution in [0.2, 0.25) is 5.28 Å². The molecule has 0 aliphatic carbocycles. The van der Waals surface area contributed by atoms with Crippen molar-refractivity contribution < 1.29 is 9.53 Å². The lowest BCUT2D eigenvalue weighted by molar-refractivity contribution is -0.143. The van der Waals surface area contributed by atoms with Crippen LogP contribution >= 0.6 is 11.6 Å². The maximum Gasteiger partial charge on any atom is 0.332 e. The molecule has 2 aromatic rings. The van der Waals surface area contributed by atoms with E-state index in [0.29, 0.717) is 19.6 Å². The Morgan fingerprint density at radius 3 is 2.56 bits per heavy atom. The lowest BCUT2D eigenvalue weighted by atomic mass is 10.2. The number of esters is 1. The zero-order valence-corrected chi connectivity index (χ0v) is 15.3. The van der Waals surface area contributed by atoms with Crippen molar-refractivity contribution in [3.05, 3.63) is 26.1 Å². The van der Waals surface area contributed by atoms with Crippen molar-refractivity contribution in [2.45, 2.75) is 59.0 Å². The van der Waals surface area contributed by atoms with Crippen molar-refractivity contribution in [2.24, 2.45) is 0 Å². The Morgan fingerprint density at radius 1 is 1.16 bits per heavy atom. The molecular weight excluding hydrogens is 348 g/mol. The number of hydrogen-bond donors (Lipinski definition) is 1. The van der Waals surface area contributed by atoms with Gasteiger partial charge in [0, 0.05) is 19.5 Å². The lowest BCUT2D eigenvalue weighted by Gasteiger charge is -2.11. The van der Waals surface area contributed by atoms with Gasteiger partial charge in [-0.05, 0) is 31.4 Å². The highest BCUT2D eigenvalue weighted by Crippen LogP contribution is 2.11. The van der Waals surface area contributed by atoms with Crippen LogP contribution in [-0.4, -0.2) is 31.7 Å². The first-order valence-corrected chi connectivity index (χ1v) is 8.91. The normalized spacial score (nSPS) is 11.2. The molecule has 0 aliphatic heterocycles. The molecule has 0 amide bonds. The van der Waals surface area contributed by atoms with E-state index in [-0.39, 0.29) is 35.4 Å². The Bertz CT molecular complexity index is 852. The number of H-pyrrole nitrogens is 1. The number of aryl methyl sites for hydroxylation is 1. The van der Waals surface area contributed by atoms with E-state index in [1.807, 2.05) is 0 Å². The summed E-state index contributed by atoms with van der Waals surface area (Å²) in [4.78, 5) is 43.5. The number of nitrogens with zero attached hydrogens (tertiary/aromatic N) is 3. The standard InChI is InChI=1S/C16H23ClN4O4/c1-3-5-6-9-20-13-12(18-15(17)19-13)14(23)21(16(20)24)10-7-8-11(22)25-4-2/h3-10H2,1-2H3,(H,18,19). The van der Waals surface area contributed by atoms with E-state index in [2.05, 4.69) is 16.9 Å². The molecule has 2 aromatic heterocycles. The predicted octanol–water partition coefficient (Wildman–Crippen LogP) is 2.07. The van der Waals surface area contributed by atoms with Gasteiger partial charge in [0.05, 0.1) is 6.61 Å². The molecule has 0 bridgehead atoms. The molecule has 0 saturated carbocycles. The Labute approximate surface area is 149 Å². The molecule has 0 radical (unpaired) electrons. The van der Waals surface area contributed by atoms with E-state index in [4.69, 9.17) is 16.3 Å². The molecule has 8 nitrogen and oxygen atoms in total. The summed E-state index contributed by atoms with van der Waals surface area (Å²) in [6, 6.07) is 0. The third kappa shape index (κ3) is 4.50. The number of carbonyl (C=O) groups excluding carboxylic acids is 1. The monoisotopic (exact) mass is 370 g/mol. The summed E-state index contributed by atoms with van der Waals surface area (Å²) in [6.45, 7) is 4.70. The smallest absolute Gasteiger partial charge is 0.332 e. The summed E-state index contributed by atoms with van der Waals surface area (Å²) < 4.78 is 7.46. The first-order valence-electron chi connectivity index (χ1n) is 8.54. The zero-order valence-electron chi connectivity index (χ0n) is 14.5. The van der Waals surface area contributed by atoms with Crippen LogP contribution < -0.4 is 11.2 Å². The number of unbranched alkanes of at least 4 members (excludes halogenated alkanes) is 2. The van der Waals surface area contributed by atoms with Gasteiger partial charge in [-0.1, -0.05) is 19.8 Å². The minimum Gasteiger partial charge on any atom is -0.466 e. The molecule has 0 fully saturated rings. The molecule has 9 heteroatoms. The fourth-order valence-electron chi connectivity index (χ4n) is 2.67. The number of hydrogen-bond acceptors (Lipinski definition) is 5. The topological polar surface area (TPSA) is 99.0 Å². The molecule has 0 atom stereocenters. The van der Waals surface area contributed by atoms with Gasteiger partial charge >= 0.3 is 11.7 Å². The second-order valence-electron chi connectivity index (χ2n) is 5.73. The molecule has 2 rings (SSSR count). The van der Waals surface area contributed by atoms with Crippen molar-refractivity contribution >= 4 is 28.7 Å². The summed E-state index contributed by atoms with van der Waals surface area (Å²) in [7, 11) is 0. The van der Waals surface area contributed by atoms with Crippen LogP contribution in [0.3, 0.4) is 0 Å². The van der Waals surface area contributed by atoms with Gasteiger partial charge in [-0.2, -0.15) is 4.98 Å². The molecule has 0 aliphatic rings. The van der Waals surface area contributed by atoms with Crippen LogP contribution in [-0.2, 0) is 22.6 Å². The largest absolute Gasteiger partial charge is 0.466 e. The number of imidazole rings is 1. The van der Waals surface area contributed by atoms with Crippen LogP contribution in [0.25, 0.3) is 11.2 Å². The quantitative estimate of drug-likeness (QED) is 0.414. The van der Waals surface area contributed by atoms with Crippen LogP contribution in [0.4, 0.5) is 0 Å². The molecule has 0 spiro atoms. The van der Waals surface area contributed by atoms with Gasteiger partial charge < -0.3 is 9.72 Å². The number of fused-ring (bicyclic) bond motifs is 1. The van der Waals surface area contributed by atoms with Crippen molar-refractivity contribution in [1.82, 2.24) is 19.1 Å². The van der Waals surface area contributed by atoms with E-state index >= 15 is 0 Å². The van der Waals surface area contributed by atoms with Gasteiger partial charge in [0.25, 0.3) is 5.56 Å². The fraction of sp³-hybridized carbons (Fsp3) is 0.625. The van der Waals surface area contributed by atoms with Crippen molar-refractivity contribution in [3.8, 4) is 0 Å². The fourth-order valence-corrected chi connectivity index (χ4v) is 2.85. The number of aromatic nitrogens is 4. The first-order chi connectivity index (χ1) is 12.0. The Hall–Kier alpha value is -2.09. The summed E-state index contributed by atoms with van der Waals surface area (Å²) in [6.07, 6.45) is 3.27. The predicted molar refractivity (Wildman–Crippen MR) is 95.0 cm³/mol. The molecular formula is C16H23ClN4O4.